The minimum atomic E-state index is -0.265. The van der Waals surface area contributed by atoms with Gasteiger partial charge in [-0.3, -0.25) is 0 Å². The minimum absolute atomic E-state index is 0.137. The maximum atomic E-state index is 13.7. The van der Waals surface area contributed by atoms with E-state index in [0.717, 1.165) is 16.6 Å². The van der Waals surface area contributed by atoms with Gasteiger partial charge in [0.05, 0.1) is 5.69 Å². The largest absolute Gasteiger partial charge is 0.396 e. The van der Waals surface area contributed by atoms with Crippen LogP contribution in [-0.2, 0) is 5.41 Å². The molecule has 1 aromatic carbocycles. The Kier molecular flexibility index (Phi) is 3.30. The molecular weight excluding hydrogens is 231 g/mol. The average Bonchev–Trinajstić information content (AvgIpc) is 2.71. The van der Waals surface area contributed by atoms with Gasteiger partial charge in [-0.1, -0.05) is 13.8 Å². The van der Waals surface area contributed by atoms with Gasteiger partial charge in [0.15, 0.2) is 0 Å². The third kappa shape index (κ3) is 2.20. The highest BCUT2D eigenvalue weighted by atomic mass is 19.1. The summed E-state index contributed by atoms with van der Waals surface area (Å²) in [6.07, 6.45) is 0.668. The van der Waals surface area contributed by atoms with E-state index in [1.807, 2.05) is 6.07 Å². The first-order valence-corrected chi connectivity index (χ1v) is 6.09. The quantitative estimate of drug-likeness (QED) is 0.781. The first-order chi connectivity index (χ1) is 8.47. The lowest BCUT2D eigenvalue weighted by molar-refractivity contribution is 0.250. The summed E-state index contributed by atoms with van der Waals surface area (Å²) in [6, 6.07) is 5.31. The van der Waals surface area contributed by atoms with Crippen molar-refractivity contribution in [3.63, 3.8) is 0 Å². The van der Waals surface area contributed by atoms with Crippen molar-refractivity contribution in [2.75, 3.05) is 19.0 Å². The van der Waals surface area contributed by atoms with Crippen LogP contribution >= 0.6 is 0 Å². The lowest BCUT2D eigenvalue weighted by atomic mass is 9.86. The normalized spacial score (nSPS) is 12.1. The molecule has 1 aromatic heterocycles. The van der Waals surface area contributed by atoms with Crippen LogP contribution < -0.4 is 5.32 Å². The number of hydrogen-bond acceptors (Lipinski definition) is 2. The van der Waals surface area contributed by atoms with E-state index in [-0.39, 0.29) is 17.8 Å². The zero-order valence-corrected chi connectivity index (χ0v) is 11.0. The monoisotopic (exact) mass is 250 g/mol. The van der Waals surface area contributed by atoms with Crippen molar-refractivity contribution in [1.29, 1.82) is 0 Å². The molecule has 2 aromatic rings. The topological polar surface area (TPSA) is 48.0 Å². The minimum Gasteiger partial charge on any atom is -0.396 e. The van der Waals surface area contributed by atoms with E-state index < -0.39 is 0 Å². The Hall–Kier alpha value is -1.55. The van der Waals surface area contributed by atoms with Crippen molar-refractivity contribution in [3.8, 4) is 0 Å². The summed E-state index contributed by atoms with van der Waals surface area (Å²) in [5.74, 6) is -0.265. The number of nitrogens with one attached hydrogen (secondary N) is 2. The number of rotatable bonds is 4. The number of aliphatic hydroxyl groups excluding tert-OH is 1. The summed E-state index contributed by atoms with van der Waals surface area (Å²) in [5, 5.41) is 12.9. The predicted octanol–water partition coefficient (Wildman–Crippen LogP) is 3.01. The van der Waals surface area contributed by atoms with E-state index in [9.17, 15) is 4.39 Å². The van der Waals surface area contributed by atoms with Crippen LogP contribution in [0.3, 0.4) is 0 Å². The molecule has 4 heteroatoms. The Morgan fingerprint density at radius 2 is 2.06 bits per heavy atom. The fourth-order valence-electron chi connectivity index (χ4n) is 2.12. The predicted molar refractivity (Wildman–Crippen MR) is 72.5 cm³/mol. The highest BCUT2D eigenvalue weighted by molar-refractivity contribution is 5.84. The number of anilines is 1. The third-order valence-corrected chi connectivity index (χ3v) is 3.44. The van der Waals surface area contributed by atoms with Gasteiger partial charge in [0, 0.05) is 41.7 Å². The molecule has 0 atom stereocenters. The van der Waals surface area contributed by atoms with Crippen LogP contribution in [0.5, 0.6) is 0 Å². The Morgan fingerprint density at radius 3 is 2.67 bits per heavy atom. The van der Waals surface area contributed by atoms with Gasteiger partial charge in [-0.2, -0.15) is 0 Å². The Morgan fingerprint density at radius 1 is 1.33 bits per heavy atom. The average molecular weight is 250 g/mol. The van der Waals surface area contributed by atoms with Gasteiger partial charge < -0.3 is 15.4 Å². The fraction of sp³-hybridized carbons (Fsp3) is 0.429. The van der Waals surface area contributed by atoms with E-state index in [1.54, 1.807) is 13.1 Å². The van der Waals surface area contributed by atoms with Gasteiger partial charge in [-0.15, -0.1) is 0 Å². The number of H-pyrrole nitrogens is 1. The van der Waals surface area contributed by atoms with Gasteiger partial charge in [0.1, 0.15) is 5.82 Å². The molecule has 98 valence electrons. The van der Waals surface area contributed by atoms with Crippen LogP contribution in [0.2, 0.25) is 0 Å². The van der Waals surface area contributed by atoms with Gasteiger partial charge in [-0.05, 0) is 18.6 Å². The molecule has 0 amide bonds. The first-order valence-electron chi connectivity index (χ1n) is 6.09. The summed E-state index contributed by atoms with van der Waals surface area (Å²) in [6.45, 7) is 4.25. The van der Waals surface area contributed by atoms with Crippen molar-refractivity contribution in [2.24, 2.45) is 0 Å². The van der Waals surface area contributed by atoms with E-state index in [2.05, 4.69) is 24.1 Å². The number of fused-ring (bicyclic) bond motifs is 1. The SMILES string of the molecule is CNc1cc2cc(C(C)(C)CCO)[nH]c2cc1F. The summed E-state index contributed by atoms with van der Waals surface area (Å²) < 4.78 is 13.7. The second-order valence-corrected chi connectivity index (χ2v) is 5.21. The van der Waals surface area contributed by atoms with E-state index in [1.165, 1.54) is 6.07 Å². The molecule has 0 saturated carbocycles. The zero-order valence-electron chi connectivity index (χ0n) is 11.0. The number of halogens is 1. The summed E-state index contributed by atoms with van der Waals surface area (Å²) >= 11 is 0. The van der Waals surface area contributed by atoms with Crippen LogP contribution in [-0.4, -0.2) is 23.7 Å². The third-order valence-electron chi connectivity index (χ3n) is 3.44. The van der Waals surface area contributed by atoms with Crippen LogP contribution in [0.4, 0.5) is 10.1 Å². The lowest BCUT2D eigenvalue weighted by Crippen LogP contribution is -2.19. The molecule has 1 heterocycles. The number of aromatic nitrogens is 1. The molecule has 3 N–H and O–H groups in total. The summed E-state index contributed by atoms with van der Waals surface area (Å²) in [4.78, 5) is 3.23. The van der Waals surface area contributed by atoms with E-state index >= 15 is 0 Å². The maximum absolute atomic E-state index is 13.7. The molecule has 0 aliphatic rings. The van der Waals surface area contributed by atoms with Crippen molar-refractivity contribution < 1.29 is 9.50 Å². The first kappa shape index (κ1) is 12.9. The summed E-state index contributed by atoms with van der Waals surface area (Å²) in [5.41, 5.74) is 2.14. The number of hydrogen-bond donors (Lipinski definition) is 3. The van der Waals surface area contributed by atoms with Crippen LogP contribution in [0, 0.1) is 5.82 Å². The molecule has 0 saturated heterocycles. The molecule has 0 radical (unpaired) electrons. The molecule has 0 aliphatic heterocycles. The van der Waals surface area contributed by atoms with Crippen molar-refractivity contribution in [1.82, 2.24) is 4.98 Å². The molecule has 0 unspecified atom stereocenters. The fourth-order valence-corrected chi connectivity index (χ4v) is 2.12. The van der Waals surface area contributed by atoms with E-state index in [4.69, 9.17) is 5.11 Å². The summed E-state index contributed by atoms with van der Waals surface area (Å²) in [7, 11) is 1.70. The Bertz CT molecular complexity index is 560. The Labute approximate surface area is 106 Å². The van der Waals surface area contributed by atoms with E-state index in [0.29, 0.717) is 12.1 Å². The molecule has 2 rings (SSSR count). The van der Waals surface area contributed by atoms with Crippen molar-refractivity contribution in [3.05, 3.63) is 29.7 Å². The standard InChI is InChI=1S/C14H19FN2O/c1-14(2,4-5-18)13-7-9-6-12(16-3)10(15)8-11(9)17-13/h6-8,16-18H,4-5H2,1-3H3. The number of benzene rings is 1. The van der Waals surface area contributed by atoms with Gasteiger partial charge in [0.25, 0.3) is 0 Å². The van der Waals surface area contributed by atoms with Crippen LogP contribution in [0.25, 0.3) is 10.9 Å². The van der Waals surface area contributed by atoms with Crippen LogP contribution in [0.1, 0.15) is 26.0 Å². The van der Waals surface area contributed by atoms with Gasteiger partial charge in [-0.25, -0.2) is 4.39 Å². The molecule has 0 spiro atoms. The molecule has 18 heavy (non-hydrogen) atoms. The lowest BCUT2D eigenvalue weighted by Gasteiger charge is -2.21. The second-order valence-electron chi connectivity index (χ2n) is 5.21. The smallest absolute Gasteiger partial charge is 0.148 e. The molecule has 3 nitrogen and oxygen atoms in total. The molecular formula is C14H19FN2O. The number of aromatic amines is 1. The second kappa shape index (κ2) is 4.61. The Balaban J connectivity index is 2.50. The van der Waals surface area contributed by atoms with Gasteiger partial charge >= 0.3 is 0 Å². The molecule has 0 aliphatic carbocycles. The maximum Gasteiger partial charge on any atom is 0.148 e. The highest BCUT2D eigenvalue weighted by Crippen LogP contribution is 2.31. The van der Waals surface area contributed by atoms with Gasteiger partial charge in [0.2, 0.25) is 0 Å². The highest BCUT2D eigenvalue weighted by Gasteiger charge is 2.22. The zero-order chi connectivity index (χ0) is 13.3. The molecule has 0 bridgehead atoms. The number of aliphatic hydroxyl groups is 1. The molecule has 0 fully saturated rings. The van der Waals surface area contributed by atoms with Crippen LogP contribution in [0.15, 0.2) is 18.2 Å². The van der Waals surface area contributed by atoms with Crippen molar-refractivity contribution in [2.45, 2.75) is 25.7 Å². The van der Waals surface area contributed by atoms with Crippen molar-refractivity contribution >= 4 is 16.6 Å².